The summed E-state index contributed by atoms with van der Waals surface area (Å²) in [7, 11) is 0. The molecule has 0 aromatic carbocycles. The van der Waals surface area contributed by atoms with Gasteiger partial charge in [0.05, 0.1) is 19.8 Å². The number of nitrogens with one attached hydrogen (secondary N) is 1. The highest BCUT2D eigenvalue weighted by Gasteiger charge is 2.15. The number of morpholine rings is 1. The van der Waals surface area contributed by atoms with Gasteiger partial charge in [-0.05, 0) is 6.07 Å². The average molecular weight is 252 g/mol. The zero-order chi connectivity index (χ0) is 12.6. The van der Waals surface area contributed by atoms with Gasteiger partial charge in [0.1, 0.15) is 0 Å². The van der Waals surface area contributed by atoms with E-state index in [1.54, 1.807) is 6.20 Å². The largest absolute Gasteiger partial charge is 0.378 e. The van der Waals surface area contributed by atoms with Crippen molar-refractivity contribution in [2.75, 3.05) is 39.4 Å². The van der Waals surface area contributed by atoms with Crippen LogP contribution < -0.4 is 5.32 Å². The molecule has 0 radical (unpaired) electrons. The van der Waals surface area contributed by atoms with E-state index >= 15 is 0 Å². The third-order valence-electron chi connectivity index (χ3n) is 2.96. The summed E-state index contributed by atoms with van der Waals surface area (Å²) >= 11 is 0. The molecule has 1 amide bonds. The fourth-order valence-electron chi connectivity index (χ4n) is 1.92. The molecule has 0 bridgehead atoms. The molecule has 0 spiro atoms. The number of rotatable bonds is 6. The predicted molar refractivity (Wildman–Crippen MR) is 67.1 cm³/mol. The van der Waals surface area contributed by atoms with Crippen molar-refractivity contribution < 1.29 is 9.53 Å². The minimum absolute atomic E-state index is 0.213. The van der Waals surface area contributed by atoms with Gasteiger partial charge < -0.3 is 15.0 Å². The quantitative estimate of drug-likeness (QED) is 0.708. The van der Waals surface area contributed by atoms with Crippen LogP contribution in [-0.4, -0.2) is 60.0 Å². The first-order valence-corrected chi connectivity index (χ1v) is 6.40. The van der Waals surface area contributed by atoms with Gasteiger partial charge in [0, 0.05) is 45.0 Å². The summed E-state index contributed by atoms with van der Waals surface area (Å²) in [4.78, 5) is 13.7. The van der Waals surface area contributed by atoms with Crippen molar-refractivity contribution in [3.63, 3.8) is 0 Å². The van der Waals surface area contributed by atoms with Crippen LogP contribution in [0.2, 0.25) is 0 Å². The Morgan fingerprint density at radius 1 is 1.33 bits per heavy atom. The van der Waals surface area contributed by atoms with Crippen molar-refractivity contribution in [1.82, 2.24) is 20.0 Å². The van der Waals surface area contributed by atoms with Gasteiger partial charge in [-0.1, -0.05) is 0 Å². The first-order valence-electron chi connectivity index (χ1n) is 6.40. The minimum atomic E-state index is 0.213. The van der Waals surface area contributed by atoms with Crippen LogP contribution in [0.25, 0.3) is 0 Å². The van der Waals surface area contributed by atoms with Crippen LogP contribution in [0.15, 0.2) is 18.5 Å². The number of ether oxygens (including phenoxy) is 1. The maximum atomic E-state index is 11.8. The van der Waals surface area contributed by atoms with E-state index < -0.39 is 0 Å². The van der Waals surface area contributed by atoms with Crippen LogP contribution in [0.5, 0.6) is 0 Å². The Kier molecular flexibility index (Phi) is 5.16. The summed E-state index contributed by atoms with van der Waals surface area (Å²) in [5.74, 6) is 0.213. The summed E-state index contributed by atoms with van der Waals surface area (Å²) < 4.78 is 7.09. The molecule has 1 fully saturated rings. The lowest BCUT2D eigenvalue weighted by atomic mass is 10.3. The summed E-state index contributed by atoms with van der Waals surface area (Å²) in [6, 6.07) is 1.90. The van der Waals surface area contributed by atoms with E-state index in [-0.39, 0.29) is 5.91 Å². The van der Waals surface area contributed by atoms with Gasteiger partial charge in [-0.15, -0.1) is 0 Å². The van der Waals surface area contributed by atoms with Crippen LogP contribution in [-0.2, 0) is 16.1 Å². The molecular formula is C12H20N4O2. The molecule has 2 rings (SSSR count). The molecule has 0 atom stereocenters. The maximum absolute atomic E-state index is 11.8. The Balaban J connectivity index is 1.53. The van der Waals surface area contributed by atoms with E-state index in [0.717, 1.165) is 32.7 Å². The van der Waals surface area contributed by atoms with Crippen molar-refractivity contribution >= 4 is 5.91 Å². The number of carbonyl (C=O) groups excluding carboxylic acids is 1. The van der Waals surface area contributed by atoms with E-state index in [2.05, 4.69) is 10.4 Å². The molecule has 0 saturated carbocycles. The zero-order valence-corrected chi connectivity index (χ0v) is 10.5. The Morgan fingerprint density at radius 3 is 2.89 bits per heavy atom. The molecule has 0 unspecified atom stereocenters. The van der Waals surface area contributed by atoms with Gasteiger partial charge in [0.15, 0.2) is 0 Å². The molecule has 1 N–H and O–H groups in total. The van der Waals surface area contributed by atoms with Crippen molar-refractivity contribution in [1.29, 1.82) is 0 Å². The second-order valence-corrected chi connectivity index (χ2v) is 4.26. The fourth-order valence-corrected chi connectivity index (χ4v) is 1.92. The third kappa shape index (κ3) is 4.12. The fraction of sp³-hybridized carbons (Fsp3) is 0.667. The molecule has 1 aliphatic rings. The lowest BCUT2D eigenvalue weighted by Crippen LogP contribution is -2.41. The normalized spacial score (nSPS) is 15.9. The molecule has 100 valence electrons. The summed E-state index contributed by atoms with van der Waals surface area (Å²) in [5.41, 5.74) is 0. The molecule has 6 heteroatoms. The van der Waals surface area contributed by atoms with E-state index in [9.17, 15) is 4.79 Å². The van der Waals surface area contributed by atoms with Gasteiger partial charge in [-0.25, -0.2) is 0 Å². The number of hydrogen-bond acceptors (Lipinski definition) is 4. The highest BCUT2D eigenvalue weighted by Crippen LogP contribution is 1.99. The van der Waals surface area contributed by atoms with Crippen LogP contribution in [0.1, 0.15) is 6.42 Å². The van der Waals surface area contributed by atoms with Crippen molar-refractivity contribution in [3.8, 4) is 0 Å². The Hall–Kier alpha value is -1.40. The van der Waals surface area contributed by atoms with Gasteiger partial charge in [-0.3, -0.25) is 9.48 Å². The smallest absolute Gasteiger partial charge is 0.224 e. The van der Waals surface area contributed by atoms with Crippen LogP contribution in [0.3, 0.4) is 0 Å². The highest BCUT2D eigenvalue weighted by atomic mass is 16.5. The second-order valence-electron chi connectivity index (χ2n) is 4.26. The van der Waals surface area contributed by atoms with Crippen LogP contribution in [0.4, 0.5) is 0 Å². The zero-order valence-electron chi connectivity index (χ0n) is 10.5. The molecular weight excluding hydrogens is 232 g/mol. The molecule has 2 heterocycles. The maximum Gasteiger partial charge on any atom is 0.224 e. The van der Waals surface area contributed by atoms with Gasteiger partial charge in [-0.2, -0.15) is 5.10 Å². The molecule has 1 saturated heterocycles. The third-order valence-corrected chi connectivity index (χ3v) is 2.96. The predicted octanol–water partition coefficient (Wildman–Crippen LogP) is -0.278. The van der Waals surface area contributed by atoms with Gasteiger partial charge in [0.2, 0.25) is 5.91 Å². The van der Waals surface area contributed by atoms with Crippen molar-refractivity contribution in [2.24, 2.45) is 0 Å². The molecule has 1 aliphatic heterocycles. The van der Waals surface area contributed by atoms with Crippen LogP contribution in [0, 0.1) is 0 Å². The molecule has 6 nitrogen and oxygen atoms in total. The number of amides is 1. The van der Waals surface area contributed by atoms with Crippen LogP contribution >= 0.6 is 0 Å². The summed E-state index contributed by atoms with van der Waals surface area (Å²) in [6.45, 7) is 5.17. The molecule has 0 aliphatic carbocycles. The highest BCUT2D eigenvalue weighted by molar-refractivity contribution is 5.76. The van der Waals surface area contributed by atoms with Gasteiger partial charge >= 0.3 is 0 Å². The second kappa shape index (κ2) is 7.13. The Morgan fingerprint density at radius 2 is 2.17 bits per heavy atom. The average Bonchev–Trinajstić information content (AvgIpc) is 2.92. The van der Waals surface area contributed by atoms with E-state index in [4.69, 9.17) is 4.74 Å². The SMILES string of the molecule is O=C(CCNCCn1cccn1)N1CCOCC1. The first-order chi connectivity index (χ1) is 8.86. The Bertz CT molecular complexity index is 347. The van der Waals surface area contributed by atoms with E-state index in [1.165, 1.54) is 0 Å². The Labute approximate surface area is 107 Å². The summed E-state index contributed by atoms with van der Waals surface area (Å²) in [6.07, 6.45) is 4.25. The monoisotopic (exact) mass is 252 g/mol. The van der Waals surface area contributed by atoms with E-state index in [1.807, 2.05) is 21.8 Å². The number of aromatic nitrogens is 2. The lowest BCUT2D eigenvalue weighted by Gasteiger charge is -2.26. The minimum Gasteiger partial charge on any atom is -0.378 e. The summed E-state index contributed by atoms with van der Waals surface area (Å²) in [5, 5.41) is 7.36. The number of hydrogen-bond donors (Lipinski definition) is 1. The standard InChI is InChI=1S/C12H20N4O2/c17-12(15-8-10-18-11-9-15)2-4-13-5-7-16-6-1-3-14-16/h1,3,6,13H,2,4-5,7-11H2. The number of carbonyl (C=O) groups is 1. The molecule has 1 aromatic heterocycles. The van der Waals surface area contributed by atoms with Crippen molar-refractivity contribution in [2.45, 2.75) is 13.0 Å². The lowest BCUT2D eigenvalue weighted by molar-refractivity contribution is -0.135. The molecule has 18 heavy (non-hydrogen) atoms. The van der Waals surface area contributed by atoms with E-state index in [0.29, 0.717) is 19.6 Å². The molecule has 1 aromatic rings. The van der Waals surface area contributed by atoms with Gasteiger partial charge in [0.25, 0.3) is 0 Å². The topological polar surface area (TPSA) is 59.4 Å². The van der Waals surface area contributed by atoms with Crippen molar-refractivity contribution in [3.05, 3.63) is 18.5 Å². The number of nitrogens with zero attached hydrogens (tertiary/aromatic N) is 3. The first kappa shape index (κ1) is 13.0.